The Morgan fingerprint density at radius 2 is 0.750 bits per heavy atom. The van der Waals surface area contributed by atoms with E-state index in [1.54, 1.807) is 0 Å². The quantitative estimate of drug-likeness (QED) is 0.116. The van der Waals surface area contributed by atoms with Gasteiger partial charge in [0.25, 0.3) is 0 Å². The number of ether oxygens (including phenoxy) is 4. The molecule has 0 atom stereocenters. The average molecular weight is 431 g/mol. The van der Waals surface area contributed by atoms with Crippen molar-refractivity contribution in [3.8, 4) is 0 Å². The molecule has 28 heavy (non-hydrogen) atoms. The van der Waals surface area contributed by atoms with Crippen molar-refractivity contribution in [3.05, 3.63) is 0 Å². The number of unbranched alkanes of at least 4 members (excludes halogenated alkanes) is 5. The second-order valence-electron chi connectivity index (χ2n) is 7.18. The van der Waals surface area contributed by atoms with Crippen LogP contribution in [0.25, 0.3) is 0 Å². The maximum atomic E-state index is 5.94. The molecule has 0 aromatic rings. The molecular weight excluding hydrogens is 384 g/mol. The van der Waals surface area contributed by atoms with E-state index < -0.39 is 0 Å². The standard InChI is InChI=1S/C22H46O4Si2/c1-5-9-15-23-21(24-16-10-6-2)27-19-13-14-20-28-22(25-17-11-7-3)26-18-12-8-4/h21-22H,5-20H2,1-4H3. The highest BCUT2D eigenvalue weighted by atomic mass is 28.2. The minimum atomic E-state index is 0.0167. The monoisotopic (exact) mass is 430 g/mol. The Bertz CT molecular complexity index is 248. The van der Waals surface area contributed by atoms with Crippen LogP contribution in [0.4, 0.5) is 0 Å². The molecule has 4 nitrogen and oxygen atoms in total. The van der Waals surface area contributed by atoms with E-state index in [4.69, 9.17) is 18.9 Å². The molecular formula is C22H46O4Si2. The fourth-order valence-electron chi connectivity index (χ4n) is 2.36. The van der Waals surface area contributed by atoms with E-state index in [9.17, 15) is 0 Å². The molecule has 0 heterocycles. The van der Waals surface area contributed by atoms with E-state index in [2.05, 4.69) is 27.7 Å². The zero-order valence-corrected chi connectivity index (χ0v) is 21.1. The third-order valence-corrected chi connectivity index (χ3v) is 6.91. The van der Waals surface area contributed by atoms with Crippen molar-refractivity contribution in [1.29, 1.82) is 0 Å². The van der Waals surface area contributed by atoms with Gasteiger partial charge in [-0.25, -0.2) is 0 Å². The van der Waals surface area contributed by atoms with Crippen LogP contribution in [-0.2, 0) is 18.9 Å². The van der Waals surface area contributed by atoms with Gasteiger partial charge in [-0.3, -0.25) is 0 Å². The van der Waals surface area contributed by atoms with Crippen LogP contribution >= 0.6 is 0 Å². The predicted molar refractivity (Wildman–Crippen MR) is 121 cm³/mol. The lowest BCUT2D eigenvalue weighted by molar-refractivity contribution is -0.0925. The Morgan fingerprint density at radius 1 is 0.464 bits per heavy atom. The third-order valence-electron chi connectivity index (χ3n) is 4.29. The molecule has 0 aliphatic carbocycles. The van der Waals surface area contributed by atoms with Crippen molar-refractivity contribution in [2.24, 2.45) is 0 Å². The SMILES string of the molecule is CCCCOC(OCCCC)[Si]CCCC[Si]C(OCCCC)OCCCC. The third kappa shape index (κ3) is 19.6. The molecule has 0 aliphatic heterocycles. The highest BCUT2D eigenvalue weighted by molar-refractivity contribution is 6.37. The molecule has 0 spiro atoms. The van der Waals surface area contributed by atoms with E-state index in [-0.39, 0.29) is 11.8 Å². The molecule has 166 valence electrons. The maximum absolute atomic E-state index is 5.94. The molecule has 0 N–H and O–H groups in total. The molecule has 0 aliphatic rings. The van der Waals surface area contributed by atoms with E-state index in [1.165, 1.54) is 50.6 Å². The van der Waals surface area contributed by atoms with Gasteiger partial charge in [0.15, 0.2) is 0 Å². The minimum absolute atomic E-state index is 0.0167. The van der Waals surface area contributed by atoms with Gasteiger partial charge in [-0.15, -0.1) is 0 Å². The first kappa shape index (κ1) is 28.3. The maximum Gasteiger partial charge on any atom is 0.137 e. The molecule has 0 aromatic carbocycles. The van der Waals surface area contributed by atoms with E-state index in [0.29, 0.717) is 0 Å². The molecule has 0 fully saturated rings. The van der Waals surface area contributed by atoms with Gasteiger partial charge in [0.1, 0.15) is 30.9 Å². The zero-order chi connectivity index (χ0) is 20.7. The van der Waals surface area contributed by atoms with Crippen molar-refractivity contribution in [2.75, 3.05) is 26.4 Å². The first-order chi connectivity index (χ1) is 13.8. The number of rotatable bonds is 23. The lowest BCUT2D eigenvalue weighted by atomic mass is 10.4. The van der Waals surface area contributed by atoms with Crippen LogP contribution in [0.2, 0.25) is 12.1 Å². The van der Waals surface area contributed by atoms with E-state index in [1.807, 2.05) is 0 Å². The van der Waals surface area contributed by atoms with Gasteiger partial charge in [0.05, 0.1) is 0 Å². The molecule has 0 rings (SSSR count). The predicted octanol–water partition coefficient (Wildman–Crippen LogP) is 5.85. The summed E-state index contributed by atoms with van der Waals surface area (Å²) in [6.07, 6.45) is 11.7. The Hall–Kier alpha value is 0.274. The summed E-state index contributed by atoms with van der Waals surface area (Å²) in [5.74, 6) is 0.0334. The average Bonchev–Trinajstić information content (AvgIpc) is 2.70. The Morgan fingerprint density at radius 3 is 1.00 bits per heavy atom. The fourth-order valence-corrected chi connectivity index (χ4v) is 4.68. The second kappa shape index (κ2) is 23.6. The molecule has 0 bridgehead atoms. The van der Waals surface area contributed by atoms with Gasteiger partial charge < -0.3 is 18.9 Å². The Kier molecular flexibility index (Phi) is 23.8. The number of hydrogen-bond acceptors (Lipinski definition) is 4. The van der Waals surface area contributed by atoms with Crippen molar-refractivity contribution in [2.45, 2.75) is 116 Å². The van der Waals surface area contributed by atoms with Gasteiger partial charge in [-0.1, -0.05) is 78.3 Å². The minimum Gasteiger partial charge on any atom is -0.357 e. The van der Waals surface area contributed by atoms with Crippen molar-refractivity contribution in [3.63, 3.8) is 0 Å². The summed E-state index contributed by atoms with van der Waals surface area (Å²) < 4.78 is 23.7. The van der Waals surface area contributed by atoms with E-state index in [0.717, 1.165) is 71.2 Å². The summed E-state index contributed by atoms with van der Waals surface area (Å²) in [5, 5.41) is 0. The van der Waals surface area contributed by atoms with Gasteiger partial charge in [-0.05, 0) is 25.7 Å². The Labute approximate surface area is 180 Å². The smallest absolute Gasteiger partial charge is 0.137 e. The summed E-state index contributed by atoms with van der Waals surface area (Å²) in [6.45, 7) is 12.1. The fraction of sp³-hybridized carbons (Fsp3) is 1.00. The van der Waals surface area contributed by atoms with Crippen LogP contribution in [0.5, 0.6) is 0 Å². The van der Waals surface area contributed by atoms with Crippen molar-refractivity contribution in [1.82, 2.24) is 0 Å². The van der Waals surface area contributed by atoms with Crippen molar-refractivity contribution < 1.29 is 18.9 Å². The van der Waals surface area contributed by atoms with Crippen LogP contribution in [0.1, 0.15) is 91.9 Å². The van der Waals surface area contributed by atoms with Crippen molar-refractivity contribution >= 4 is 19.0 Å². The normalized spacial score (nSPS) is 11.8. The van der Waals surface area contributed by atoms with Crippen LogP contribution in [-0.4, -0.2) is 57.3 Å². The van der Waals surface area contributed by atoms with E-state index >= 15 is 0 Å². The molecule has 6 heteroatoms. The molecule has 0 aromatic heterocycles. The highest BCUT2D eigenvalue weighted by Crippen LogP contribution is 2.08. The molecule has 0 unspecified atom stereocenters. The van der Waals surface area contributed by atoms with Gasteiger partial charge >= 0.3 is 0 Å². The van der Waals surface area contributed by atoms with Crippen LogP contribution in [0.15, 0.2) is 0 Å². The summed E-state index contributed by atoms with van der Waals surface area (Å²) >= 11 is 0. The number of hydrogen-bond donors (Lipinski definition) is 0. The summed E-state index contributed by atoms with van der Waals surface area (Å²) in [5.41, 5.74) is 0. The van der Waals surface area contributed by atoms with Crippen LogP contribution < -0.4 is 0 Å². The van der Waals surface area contributed by atoms with Crippen LogP contribution in [0.3, 0.4) is 0 Å². The summed E-state index contributed by atoms with van der Waals surface area (Å²) in [6, 6.07) is 2.40. The zero-order valence-electron chi connectivity index (χ0n) is 19.1. The molecule has 0 amide bonds. The van der Waals surface area contributed by atoms with Gasteiger partial charge in [0.2, 0.25) is 0 Å². The first-order valence-electron chi connectivity index (χ1n) is 11.7. The first-order valence-corrected chi connectivity index (χ1v) is 14.3. The van der Waals surface area contributed by atoms with Gasteiger partial charge in [0, 0.05) is 26.4 Å². The summed E-state index contributed by atoms with van der Waals surface area (Å²) in [4.78, 5) is 0. The molecule has 0 saturated heterocycles. The lowest BCUT2D eigenvalue weighted by Gasteiger charge is -2.19. The summed E-state index contributed by atoms with van der Waals surface area (Å²) in [7, 11) is 1.50. The lowest BCUT2D eigenvalue weighted by Crippen LogP contribution is -2.26. The second-order valence-corrected chi connectivity index (χ2v) is 9.94. The Balaban J connectivity index is 3.91. The van der Waals surface area contributed by atoms with Gasteiger partial charge in [-0.2, -0.15) is 0 Å². The van der Waals surface area contributed by atoms with Crippen LogP contribution in [0, 0.1) is 0 Å². The molecule has 0 saturated carbocycles. The topological polar surface area (TPSA) is 36.9 Å². The molecule has 4 radical (unpaired) electrons. The largest absolute Gasteiger partial charge is 0.357 e. The highest BCUT2D eigenvalue weighted by Gasteiger charge is 2.12.